The Bertz CT molecular complexity index is 372. The minimum absolute atomic E-state index is 0.0557. The fourth-order valence-electron chi connectivity index (χ4n) is 2.09. The van der Waals surface area contributed by atoms with Crippen LogP contribution in [-0.4, -0.2) is 12.1 Å². The molecule has 1 aromatic rings. The van der Waals surface area contributed by atoms with Gasteiger partial charge < -0.3 is 10.6 Å². The number of amides is 2. The van der Waals surface area contributed by atoms with Crippen LogP contribution < -0.4 is 10.6 Å². The van der Waals surface area contributed by atoms with Gasteiger partial charge in [0, 0.05) is 17.1 Å². The highest BCUT2D eigenvalue weighted by molar-refractivity contribution is 9.10. The number of hydrogen-bond acceptors (Lipinski definition) is 1. The molecule has 0 unspecified atom stereocenters. The lowest BCUT2D eigenvalue weighted by Crippen LogP contribution is -2.40. The van der Waals surface area contributed by atoms with Crippen molar-refractivity contribution in [2.45, 2.75) is 38.3 Å². The third-order valence-electron chi connectivity index (χ3n) is 3.06. The van der Waals surface area contributed by atoms with Gasteiger partial charge in [0.25, 0.3) is 0 Å². The van der Waals surface area contributed by atoms with E-state index in [0.717, 1.165) is 22.9 Å². The molecule has 2 rings (SSSR count). The van der Waals surface area contributed by atoms with Crippen molar-refractivity contribution in [3.05, 3.63) is 34.3 Å². The average Bonchev–Trinajstić information content (AvgIpc) is 2.81. The Hall–Kier alpha value is -1.03. The first-order valence-corrected chi connectivity index (χ1v) is 6.82. The Morgan fingerprint density at radius 1 is 1.24 bits per heavy atom. The van der Waals surface area contributed by atoms with Crippen molar-refractivity contribution < 1.29 is 4.79 Å². The lowest BCUT2D eigenvalue weighted by Gasteiger charge is -2.12. The SMILES string of the molecule is O=C(NCc1ccc(Br)cc1)NC1CCCC1. The predicted molar refractivity (Wildman–Crippen MR) is 71.8 cm³/mol. The third kappa shape index (κ3) is 4.04. The van der Waals surface area contributed by atoms with Crippen molar-refractivity contribution in [1.82, 2.24) is 10.6 Å². The fraction of sp³-hybridized carbons (Fsp3) is 0.462. The molecular weight excluding hydrogens is 280 g/mol. The van der Waals surface area contributed by atoms with Gasteiger partial charge in [-0.05, 0) is 30.5 Å². The minimum Gasteiger partial charge on any atom is -0.335 e. The smallest absolute Gasteiger partial charge is 0.315 e. The van der Waals surface area contributed by atoms with E-state index in [1.54, 1.807) is 0 Å². The summed E-state index contributed by atoms with van der Waals surface area (Å²) < 4.78 is 1.05. The molecule has 4 heteroatoms. The van der Waals surface area contributed by atoms with Crippen molar-refractivity contribution in [3.63, 3.8) is 0 Å². The van der Waals surface area contributed by atoms with Gasteiger partial charge in [0.1, 0.15) is 0 Å². The number of benzene rings is 1. The van der Waals surface area contributed by atoms with Crippen molar-refractivity contribution in [2.24, 2.45) is 0 Å². The van der Waals surface area contributed by atoms with Crippen LogP contribution in [0.3, 0.4) is 0 Å². The molecule has 0 atom stereocenters. The molecule has 0 spiro atoms. The molecule has 1 saturated carbocycles. The van der Waals surface area contributed by atoms with Gasteiger partial charge in [-0.15, -0.1) is 0 Å². The maximum Gasteiger partial charge on any atom is 0.315 e. The van der Waals surface area contributed by atoms with E-state index in [-0.39, 0.29) is 6.03 Å². The van der Waals surface area contributed by atoms with Crippen LogP contribution in [0.4, 0.5) is 4.79 Å². The topological polar surface area (TPSA) is 41.1 Å². The van der Waals surface area contributed by atoms with Crippen molar-refractivity contribution >= 4 is 22.0 Å². The van der Waals surface area contributed by atoms with Gasteiger partial charge in [0.2, 0.25) is 0 Å². The van der Waals surface area contributed by atoms with Gasteiger partial charge in [-0.25, -0.2) is 4.79 Å². The molecule has 0 bridgehead atoms. The van der Waals surface area contributed by atoms with E-state index in [1.807, 2.05) is 24.3 Å². The van der Waals surface area contributed by atoms with Gasteiger partial charge >= 0.3 is 6.03 Å². The van der Waals surface area contributed by atoms with E-state index >= 15 is 0 Å². The van der Waals surface area contributed by atoms with Crippen molar-refractivity contribution in [1.29, 1.82) is 0 Å². The highest BCUT2D eigenvalue weighted by Crippen LogP contribution is 2.17. The molecule has 2 amide bonds. The third-order valence-corrected chi connectivity index (χ3v) is 3.59. The summed E-state index contributed by atoms with van der Waals surface area (Å²) in [5, 5.41) is 5.88. The Kier molecular flexibility index (Phi) is 4.42. The quantitative estimate of drug-likeness (QED) is 0.884. The van der Waals surface area contributed by atoms with Gasteiger partial charge in [0.05, 0.1) is 0 Å². The standard InChI is InChI=1S/C13H17BrN2O/c14-11-7-5-10(6-8-11)9-15-13(17)16-12-3-1-2-4-12/h5-8,12H,1-4,9H2,(H2,15,16,17). The summed E-state index contributed by atoms with van der Waals surface area (Å²) in [6.45, 7) is 0.575. The van der Waals surface area contributed by atoms with E-state index < -0.39 is 0 Å². The number of rotatable bonds is 3. The molecule has 1 aromatic carbocycles. The zero-order valence-corrected chi connectivity index (χ0v) is 11.3. The number of halogens is 1. The monoisotopic (exact) mass is 296 g/mol. The van der Waals surface area contributed by atoms with Crippen LogP contribution in [0.1, 0.15) is 31.2 Å². The molecule has 1 aliphatic rings. The Morgan fingerprint density at radius 2 is 1.88 bits per heavy atom. The molecule has 1 aliphatic carbocycles. The molecule has 0 heterocycles. The first-order valence-electron chi connectivity index (χ1n) is 6.03. The Balaban J connectivity index is 1.73. The summed E-state index contributed by atoms with van der Waals surface area (Å²) >= 11 is 3.38. The second-order valence-corrected chi connectivity index (χ2v) is 5.35. The van der Waals surface area contributed by atoms with E-state index in [0.29, 0.717) is 12.6 Å². The molecule has 0 saturated heterocycles. The van der Waals surface area contributed by atoms with Crippen LogP contribution in [0.2, 0.25) is 0 Å². The summed E-state index contributed by atoms with van der Waals surface area (Å²) in [6, 6.07) is 8.28. The molecule has 0 radical (unpaired) electrons. The fourth-order valence-corrected chi connectivity index (χ4v) is 2.36. The number of carbonyl (C=O) groups is 1. The highest BCUT2D eigenvalue weighted by atomic mass is 79.9. The Labute approximate surface area is 110 Å². The average molecular weight is 297 g/mol. The van der Waals surface area contributed by atoms with Crippen molar-refractivity contribution in [3.8, 4) is 0 Å². The van der Waals surface area contributed by atoms with Crippen LogP contribution in [0.5, 0.6) is 0 Å². The first-order chi connectivity index (χ1) is 8.24. The number of urea groups is 1. The first kappa shape index (κ1) is 12.4. The number of hydrogen-bond donors (Lipinski definition) is 2. The maximum absolute atomic E-state index is 11.6. The lowest BCUT2D eigenvalue weighted by atomic mass is 10.2. The lowest BCUT2D eigenvalue weighted by molar-refractivity contribution is 0.236. The highest BCUT2D eigenvalue weighted by Gasteiger charge is 2.16. The van der Waals surface area contributed by atoms with Gasteiger partial charge in [-0.3, -0.25) is 0 Å². The zero-order chi connectivity index (χ0) is 12.1. The Morgan fingerprint density at radius 3 is 2.53 bits per heavy atom. The van der Waals surface area contributed by atoms with Gasteiger partial charge in [0.15, 0.2) is 0 Å². The second-order valence-electron chi connectivity index (χ2n) is 4.43. The van der Waals surface area contributed by atoms with Gasteiger partial charge in [-0.1, -0.05) is 40.9 Å². The second kappa shape index (κ2) is 6.05. The van der Waals surface area contributed by atoms with E-state index in [2.05, 4.69) is 26.6 Å². The minimum atomic E-state index is -0.0557. The van der Waals surface area contributed by atoms with Crippen LogP contribution >= 0.6 is 15.9 Å². The molecule has 3 nitrogen and oxygen atoms in total. The molecule has 1 fully saturated rings. The maximum atomic E-state index is 11.6. The number of carbonyl (C=O) groups excluding carboxylic acids is 1. The van der Waals surface area contributed by atoms with Gasteiger partial charge in [-0.2, -0.15) is 0 Å². The molecule has 0 aliphatic heterocycles. The predicted octanol–water partition coefficient (Wildman–Crippen LogP) is 3.19. The van der Waals surface area contributed by atoms with E-state index in [9.17, 15) is 4.79 Å². The molecule has 2 N–H and O–H groups in total. The molecule has 17 heavy (non-hydrogen) atoms. The van der Waals surface area contributed by atoms with Crippen LogP contribution in [0, 0.1) is 0 Å². The van der Waals surface area contributed by atoms with Crippen molar-refractivity contribution in [2.75, 3.05) is 0 Å². The summed E-state index contributed by atoms with van der Waals surface area (Å²) in [7, 11) is 0. The van der Waals surface area contributed by atoms with Crippen LogP contribution in [-0.2, 0) is 6.54 Å². The molecule has 92 valence electrons. The van der Waals surface area contributed by atoms with Crippen LogP contribution in [0.25, 0.3) is 0 Å². The van der Waals surface area contributed by atoms with E-state index in [4.69, 9.17) is 0 Å². The molecule has 0 aromatic heterocycles. The largest absolute Gasteiger partial charge is 0.335 e. The summed E-state index contributed by atoms with van der Waals surface area (Å²) in [5.74, 6) is 0. The van der Waals surface area contributed by atoms with Crippen LogP contribution in [0.15, 0.2) is 28.7 Å². The summed E-state index contributed by atoms with van der Waals surface area (Å²) in [4.78, 5) is 11.6. The number of nitrogens with one attached hydrogen (secondary N) is 2. The normalized spacial score (nSPS) is 15.8. The zero-order valence-electron chi connectivity index (χ0n) is 9.71. The summed E-state index contributed by atoms with van der Waals surface area (Å²) in [5.41, 5.74) is 1.11. The van der Waals surface area contributed by atoms with E-state index in [1.165, 1.54) is 12.8 Å². The summed E-state index contributed by atoms with van der Waals surface area (Å²) in [6.07, 6.45) is 4.70. The molecular formula is C13H17BrN2O.